The topological polar surface area (TPSA) is 12.0 Å². The third-order valence-electron chi connectivity index (χ3n) is 3.45. The summed E-state index contributed by atoms with van der Waals surface area (Å²) in [5.41, 5.74) is 4.67. The van der Waals surface area contributed by atoms with Crippen LogP contribution in [0.5, 0.6) is 0 Å². The van der Waals surface area contributed by atoms with E-state index in [2.05, 4.69) is 30.4 Å². The number of nitrogens with one attached hydrogen (secondary N) is 1. The van der Waals surface area contributed by atoms with Gasteiger partial charge in [0, 0.05) is 6.54 Å². The Labute approximate surface area is 92.9 Å². The Morgan fingerprint density at radius 1 is 1.20 bits per heavy atom. The van der Waals surface area contributed by atoms with Crippen molar-refractivity contribution in [2.75, 3.05) is 13.6 Å². The summed E-state index contributed by atoms with van der Waals surface area (Å²) in [5, 5.41) is 3.25. The molecule has 0 amide bonds. The summed E-state index contributed by atoms with van der Waals surface area (Å²) < 4.78 is 0. The van der Waals surface area contributed by atoms with Crippen molar-refractivity contribution in [2.24, 2.45) is 0 Å². The first kappa shape index (κ1) is 10.7. The molecule has 0 aliphatic heterocycles. The van der Waals surface area contributed by atoms with E-state index in [1.165, 1.54) is 31.2 Å². The van der Waals surface area contributed by atoms with Gasteiger partial charge in [-0.3, -0.25) is 0 Å². The Morgan fingerprint density at radius 2 is 1.93 bits per heavy atom. The van der Waals surface area contributed by atoms with E-state index in [0.717, 1.165) is 6.54 Å². The van der Waals surface area contributed by atoms with Crippen LogP contribution in [0.4, 0.5) is 0 Å². The van der Waals surface area contributed by atoms with E-state index in [4.69, 9.17) is 0 Å². The molecule has 1 N–H and O–H groups in total. The number of hydrogen-bond acceptors (Lipinski definition) is 1. The standard InChI is InChI=1S/C14H21N/c1-11(10-15-2)13-8-7-12-5-3-4-6-14(12)9-13/h7-9,11,15H,3-6,10H2,1-2H3. The lowest BCUT2D eigenvalue weighted by molar-refractivity contribution is 0.663. The average molecular weight is 203 g/mol. The van der Waals surface area contributed by atoms with Gasteiger partial charge in [0.2, 0.25) is 0 Å². The fraction of sp³-hybridized carbons (Fsp3) is 0.571. The van der Waals surface area contributed by atoms with Crippen LogP contribution in [0.15, 0.2) is 18.2 Å². The first-order valence-electron chi connectivity index (χ1n) is 6.07. The van der Waals surface area contributed by atoms with Crippen molar-refractivity contribution in [2.45, 2.75) is 38.5 Å². The van der Waals surface area contributed by atoms with Crippen molar-refractivity contribution >= 4 is 0 Å². The van der Waals surface area contributed by atoms with Crippen LogP contribution in [0.2, 0.25) is 0 Å². The molecule has 2 rings (SSSR count). The number of benzene rings is 1. The summed E-state index contributed by atoms with van der Waals surface area (Å²) in [5.74, 6) is 0.627. The van der Waals surface area contributed by atoms with Crippen LogP contribution in [0.1, 0.15) is 42.4 Å². The van der Waals surface area contributed by atoms with Crippen LogP contribution in [0.3, 0.4) is 0 Å². The highest BCUT2D eigenvalue weighted by Gasteiger charge is 2.11. The maximum absolute atomic E-state index is 3.25. The minimum atomic E-state index is 0.627. The Kier molecular flexibility index (Phi) is 3.42. The number of rotatable bonds is 3. The molecule has 82 valence electrons. The molecule has 1 atom stereocenters. The van der Waals surface area contributed by atoms with Crippen molar-refractivity contribution in [1.29, 1.82) is 0 Å². The molecule has 1 heteroatoms. The number of aryl methyl sites for hydroxylation is 2. The van der Waals surface area contributed by atoms with Crippen molar-refractivity contribution < 1.29 is 0 Å². The van der Waals surface area contributed by atoms with Gasteiger partial charge in [0.1, 0.15) is 0 Å². The highest BCUT2D eigenvalue weighted by molar-refractivity contribution is 5.35. The summed E-state index contributed by atoms with van der Waals surface area (Å²) in [6, 6.07) is 7.08. The van der Waals surface area contributed by atoms with Crippen LogP contribution in [-0.4, -0.2) is 13.6 Å². The molecule has 0 bridgehead atoms. The van der Waals surface area contributed by atoms with Crippen LogP contribution >= 0.6 is 0 Å². The van der Waals surface area contributed by atoms with Crippen molar-refractivity contribution in [3.8, 4) is 0 Å². The SMILES string of the molecule is CNCC(C)c1ccc2c(c1)CCCC2. The van der Waals surface area contributed by atoms with Crippen LogP contribution in [0.25, 0.3) is 0 Å². The first-order chi connectivity index (χ1) is 7.31. The highest BCUT2D eigenvalue weighted by atomic mass is 14.8. The molecular formula is C14H21N. The third-order valence-corrected chi connectivity index (χ3v) is 3.45. The Morgan fingerprint density at radius 3 is 2.67 bits per heavy atom. The number of fused-ring (bicyclic) bond motifs is 1. The van der Waals surface area contributed by atoms with Gasteiger partial charge in [0.15, 0.2) is 0 Å². The lowest BCUT2D eigenvalue weighted by Crippen LogP contribution is -2.15. The predicted molar refractivity (Wildman–Crippen MR) is 65.4 cm³/mol. The lowest BCUT2D eigenvalue weighted by atomic mass is 9.88. The van der Waals surface area contributed by atoms with Crippen molar-refractivity contribution in [3.63, 3.8) is 0 Å². The van der Waals surface area contributed by atoms with Gasteiger partial charge in [-0.05, 0) is 55.3 Å². The zero-order chi connectivity index (χ0) is 10.7. The second-order valence-electron chi connectivity index (χ2n) is 4.69. The fourth-order valence-electron chi connectivity index (χ4n) is 2.48. The molecule has 1 aliphatic carbocycles. The monoisotopic (exact) mass is 203 g/mol. The third kappa shape index (κ3) is 2.40. The number of hydrogen-bond donors (Lipinski definition) is 1. The van der Waals surface area contributed by atoms with E-state index in [9.17, 15) is 0 Å². The first-order valence-corrected chi connectivity index (χ1v) is 6.07. The number of likely N-dealkylation sites (N-methyl/N-ethyl adjacent to an activating group) is 1. The molecule has 0 fully saturated rings. The molecule has 1 aromatic carbocycles. The summed E-state index contributed by atoms with van der Waals surface area (Å²) in [7, 11) is 2.02. The second kappa shape index (κ2) is 4.80. The normalized spacial score (nSPS) is 17.2. The summed E-state index contributed by atoms with van der Waals surface area (Å²) in [6.07, 6.45) is 5.32. The molecule has 0 radical (unpaired) electrons. The van der Waals surface area contributed by atoms with Crippen LogP contribution in [-0.2, 0) is 12.8 Å². The van der Waals surface area contributed by atoms with E-state index in [1.54, 1.807) is 11.1 Å². The summed E-state index contributed by atoms with van der Waals surface area (Å²) >= 11 is 0. The van der Waals surface area contributed by atoms with Gasteiger partial charge in [0.05, 0.1) is 0 Å². The molecule has 0 saturated heterocycles. The van der Waals surface area contributed by atoms with Crippen molar-refractivity contribution in [1.82, 2.24) is 5.32 Å². The average Bonchev–Trinajstić information content (AvgIpc) is 2.29. The smallest absolute Gasteiger partial charge is 0.00144 e. The maximum Gasteiger partial charge on any atom is 0.00144 e. The van der Waals surface area contributed by atoms with E-state index in [-0.39, 0.29) is 0 Å². The van der Waals surface area contributed by atoms with E-state index in [1.807, 2.05) is 7.05 Å². The van der Waals surface area contributed by atoms with Gasteiger partial charge >= 0.3 is 0 Å². The molecule has 1 unspecified atom stereocenters. The second-order valence-corrected chi connectivity index (χ2v) is 4.69. The molecule has 1 nitrogen and oxygen atoms in total. The van der Waals surface area contributed by atoms with Crippen LogP contribution < -0.4 is 5.32 Å². The molecule has 15 heavy (non-hydrogen) atoms. The predicted octanol–water partition coefficient (Wildman–Crippen LogP) is 2.89. The molecule has 0 aromatic heterocycles. The summed E-state index contributed by atoms with van der Waals surface area (Å²) in [4.78, 5) is 0. The van der Waals surface area contributed by atoms with Crippen LogP contribution in [0, 0.1) is 0 Å². The van der Waals surface area contributed by atoms with Gasteiger partial charge in [-0.1, -0.05) is 25.1 Å². The largest absolute Gasteiger partial charge is 0.319 e. The highest BCUT2D eigenvalue weighted by Crippen LogP contribution is 2.25. The van der Waals surface area contributed by atoms with E-state index >= 15 is 0 Å². The van der Waals surface area contributed by atoms with E-state index in [0.29, 0.717) is 5.92 Å². The minimum absolute atomic E-state index is 0.627. The fourth-order valence-corrected chi connectivity index (χ4v) is 2.48. The van der Waals surface area contributed by atoms with Gasteiger partial charge in [-0.2, -0.15) is 0 Å². The quantitative estimate of drug-likeness (QED) is 0.796. The zero-order valence-corrected chi connectivity index (χ0v) is 9.84. The molecule has 1 aliphatic rings. The van der Waals surface area contributed by atoms with Gasteiger partial charge in [-0.25, -0.2) is 0 Å². The molecule has 0 spiro atoms. The van der Waals surface area contributed by atoms with E-state index < -0.39 is 0 Å². The van der Waals surface area contributed by atoms with Gasteiger partial charge in [-0.15, -0.1) is 0 Å². The molecular weight excluding hydrogens is 182 g/mol. The Hall–Kier alpha value is -0.820. The lowest BCUT2D eigenvalue weighted by Gasteiger charge is -2.19. The molecule has 0 saturated carbocycles. The summed E-state index contributed by atoms with van der Waals surface area (Å²) in [6.45, 7) is 3.36. The van der Waals surface area contributed by atoms with Gasteiger partial charge in [0.25, 0.3) is 0 Å². The molecule has 0 heterocycles. The van der Waals surface area contributed by atoms with Crippen molar-refractivity contribution in [3.05, 3.63) is 34.9 Å². The zero-order valence-electron chi connectivity index (χ0n) is 9.84. The Balaban J connectivity index is 2.20. The maximum atomic E-state index is 3.25. The molecule has 1 aromatic rings. The Bertz CT molecular complexity index is 330. The van der Waals surface area contributed by atoms with Gasteiger partial charge < -0.3 is 5.32 Å². The minimum Gasteiger partial charge on any atom is -0.319 e.